The van der Waals surface area contributed by atoms with Gasteiger partial charge in [0.15, 0.2) is 5.13 Å². The zero-order valence-electron chi connectivity index (χ0n) is 17.4. The summed E-state index contributed by atoms with van der Waals surface area (Å²) in [7, 11) is 0. The van der Waals surface area contributed by atoms with Gasteiger partial charge in [0, 0.05) is 23.5 Å². The maximum absolute atomic E-state index is 12.3. The molecular formula is C23H24N4O3S2. The molecule has 166 valence electrons. The molecule has 9 heteroatoms. The molecule has 0 aliphatic heterocycles. The molecular weight excluding hydrogens is 444 g/mol. The standard InChI is InChI=1S/C23H24N4O3S2/c28-20(12-18-14-32-23(26-18)27-22(30)19-9-4-10-31-19)24-13-15-5-3-8-17(11-15)25-21(29)16-6-1-2-7-16/h3-5,8-11,14,16H,1-2,6-7,12-13H2,(H,24,28)(H,25,29)(H,26,27,30). The number of benzene rings is 1. The molecule has 1 aliphatic rings. The van der Waals surface area contributed by atoms with Crippen LogP contribution in [0.3, 0.4) is 0 Å². The summed E-state index contributed by atoms with van der Waals surface area (Å²) in [6, 6.07) is 11.1. The van der Waals surface area contributed by atoms with Gasteiger partial charge >= 0.3 is 0 Å². The van der Waals surface area contributed by atoms with Gasteiger partial charge in [0.05, 0.1) is 17.0 Å². The lowest BCUT2D eigenvalue weighted by atomic mass is 10.1. The molecule has 32 heavy (non-hydrogen) atoms. The quantitative estimate of drug-likeness (QED) is 0.455. The number of carbonyl (C=O) groups is 3. The van der Waals surface area contributed by atoms with Crippen molar-refractivity contribution in [2.75, 3.05) is 10.6 Å². The fourth-order valence-corrected chi connectivity index (χ4v) is 4.96. The van der Waals surface area contributed by atoms with Crippen molar-refractivity contribution in [3.63, 3.8) is 0 Å². The maximum atomic E-state index is 12.3. The number of rotatable bonds is 8. The number of thiazole rings is 1. The first kappa shape index (κ1) is 22.2. The summed E-state index contributed by atoms with van der Waals surface area (Å²) in [5.74, 6) is -0.178. The van der Waals surface area contributed by atoms with Crippen molar-refractivity contribution in [2.45, 2.75) is 38.6 Å². The summed E-state index contributed by atoms with van der Waals surface area (Å²) >= 11 is 2.65. The van der Waals surface area contributed by atoms with Crippen molar-refractivity contribution in [3.05, 3.63) is 63.3 Å². The zero-order valence-corrected chi connectivity index (χ0v) is 19.1. The van der Waals surface area contributed by atoms with Crippen LogP contribution < -0.4 is 16.0 Å². The van der Waals surface area contributed by atoms with Crippen molar-refractivity contribution >= 4 is 51.2 Å². The lowest BCUT2D eigenvalue weighted by molar-refractivity contribution is -0.121. The number of carbonyl (C=O) groups excluding carboxylic acids is 3. The Bertz CT molecular complexity index is 1090. The Labute approximate surface area is 194 Å². The van der Waals surface area contributed by atoms with Crippen LogP contribution in [-0.2, 0) is 22.6 Å². The highest BCUT2D eigenvalue weighted by Crippen LogP contribution is 2.26. The second-order valence-corrected chi connectivity index (χ2v) is 9.51. The molecule has 1 saturated carbocycles. The number of nitrogens with zero attached hydrogens (tertiary/aromatic N) is 1. The van der Waals surface area contributed by atoms with Gasteiger partial charge in [-0.25, -0.2) is 4.98 Å². The van der Waals surface area contributed by atoms with Gasteiger partial charge < -0.3 is 10.6 Å². The second-order valence-electron chi connectivity index (χ2n) is 7.70. The molecule has 3 aromatic rings. The van der Waals surface area contributed by atoms with Crippen LogP contribution >= 0.6 is 22.7 Å². The molecule has 1 aliphatic carbocycles. The minimum atomic E-state index is -0.203. The van der Waals surface area contributed by atoms with Gasteiger partial charge in [0.25, 0.3) is 5.91 Å². The summed E-state index contributed by atoms with van der Waals surface area (Å²) in [4.78, 5) is 41.7. The molecule has 1 aromatic carbocycles. The lowest BCUT2D eigenvalue weighted by Crippen LogP contribution is -2.25. The van der Waals surface area contributed by atoms with E-state index in [0.717, 1.165) is 36.9 Å². The summed E-state index contributed by atoms with van der Waals surface area (Å²) in [5, 5.41) is 12.7. The number of amides is 3. The van der Waals surface area contributed by atoms with Crippen LogP contribution in [0.4, 0.5) is 10.8 Å². The molecule has 0 saturated heterocycles. The van der Waals surface area contributed by atoms with Crippen LogP contribution in [0.1, 0.15) is 46.6 Å². The van der Waals surface area contributed by atoms with E-state index in [1.54, 1.807) is 11.4 Å². The monoisotopic (exact) mass is 468 g/mol. The molecule has 2 aromatic heterocycles. The summed E-state index contributed by atoms with van der Waals surface area (Å²) in [6.07, 6.45) is 4.27. The molecule has 3 amide bonds. The zero-order chi connectivity index (χ0) is 22.3. The minimum Gasteiger partial charge on any atom is -0.352 e. The summed E-state index contributed by atoms with van der Waals surface area (Å²) in [6.45, 7) is 0.359. The molecule has 1 fully saturated rings. The molecule has 0 radical (unpaired) electrons. The Morgan fingerprint density at radius 1 is 1.03 bits per heavy atom. The third kappa shape index (κ3) is 6.02. The number of anilines is 2. The van der Waals surface area contributed by atoms with E-state index in [0.29, 0.717) is 22.2 Å². The van der Waals surface area contributed by atoms with Crippen LogP contribution in [0.2, 0.25) is 0 Å². The average molecular weight is 469 g/mol. The number of nitrogens with one attached hydrogen (secondary N) is 3. The molecule has 3 N–H and O–H groups in total. The number of aromatic nitrogens is 1. The van der Waals surface area contributed by atoms with Gasteiger partial charge in [-0.3, -0.25) is 19.7 Å². The molecule has 7 nitrogen and oxygen atoms in total. The van der Waals surface area contributed by atoms with E-state index in [1.807, 2.05) is 35.7 Å². The van der Waals surface area contributed by atoms with Crippen LogP contribution in [-0.4, -0.2) is 22.7 Å². The third-order valence-corrected chi connectivity index (χ3v) is 6.94. The van der Waals surface area contributed by atoms with Crippen LogP contribution in [0, 0.1) is 5.92 Å². The summed E-state index contributed by atoms with van der Waals surface area (Å²) in [5.41, 5.74) is 2.26. The normalized spacial score (nSPS) is 13.6. The van der Waals surface area contributed by atoms with E-state index in [1.165, 1.54) is 22.7 Å². The highest BCUT2D eigenvalue weighted by atomic mass is 32.1. The van der Waals surface area contributed by atoms with E-state index in [2.05, 4.69) is 20.9 Å². The van der Waals surface area contributed by atoms with Gasteiger partial charge in [0.1, 0.15) is 0 Å². The van der Waals surface area contributed by atoms with Crippen molar-refractivity contribution in [2.24, 2.45) is 5.92 Å². The molecule has 2 heterocycles. The van der Waals surface area contributed by atoms with E-state index in [9.17, 15) is 14.4 Å². The second kappa shape index (κ2) is 10.5. The largest absolute Gasteiger partial charge is 0.352 e. The van der Waals surface area contributed by atoms with Gasteiger partial charge in [-0.15, -0.1) is 22.7 Å². The fourth-order valence-electron chi connectivity index (χ4n) is 3.63. The Hall–Kier alpha value is -3.04. The van der Waals surface area contributed by atoms with E-state index in [-0.39, 0.29) is 30.1 Å². The van der Waals surface area contributed by atoms with Crippen LogP contribution in [0.5, 0.6) is 0 Å². The van der Waals surface area contributed by atoms with Crippen LogP contribution in [0.15, 0.2) is 47.2 Å². The average Bonchev–Trinajstić information content (AvgIpc) is 3.55. The van der Waals surface area contributed by atoms with Crippen molar-refractivity contribution < 1.29 is 14.4 Å². The molecule has 4 rings (SSSR count). The summed E-state index contributed by atoms with van der Waals surface area (Å²) < 4.78 is 0. The number of hydrogen-bond acceptors (Lipinski definition) is 6. The maximum Gasteiger partial charge on any atom is 0.267 e. The van der Waals surface area contributed by atoms with Crippen molar-refractivity contribution in [3.8, 4) is 0 Å². The van der Waals surface area contributed by atoms with E-state index >= 15 is 0 Å². The fraction of sp³-hybridized carbons (Fsp3) is 0.304. The van der Waals surface area contributed by atoms with Gasteiger partial charge in [-0.1, -0.05) is 31.0 Å². The van der Waals surface area contributed by atoms with Crippen molar-refractivity contribution in [1.29, 1.82) is 0 Å². The van der Waals surface area contributed by atoms with Crippen LogP contribution in [0.25, 0.3) is 0 Å². The predicted octanol–water partition coefficient (Wildman–Crippen LogP) is 4.44. The Balaban J connectivity index is 1.25. The highest BCUT2D eigenvalue weighted by Gasteiger charge is 2.22. The number of hydrogen-bond donors (Lipinski definition) is 3. The lowest BCUT2D eigenvalue weighted by Gasteiger charge is -2.11. The number of thiophene rings is 1. The highest BCUT2D eigenvalue weighted by molar-refractivity contribution is 7.14. The first-order valence-corrected chi connectivity index (χ1v) is 12.3. The Kier molecular flexibility index (Phi) is 7.28. The molecule has 0 atom stereocenters. The SMILES string of the molecule is O=C(Cc1csc(NC(=O)c2cccs2)n1)NCc1cccc(NC(=O)C2CCCC2)c1. The third-order valence-electron chi connectivity index (χ3n) is 5.27. The molecule has 0 unspecified atom stereocenters. The van der Waals surface area contributed by atoms with E-state index in [4.69, 9.17) is 0 Å². The predicted molar refractivity (Wildman–Crippen MR) is 127 cm³/mol. The van der Waals surface area contributed by atoms with Gasteiger partial charge in [-0.05, 0) is 42.0 Å². The Morgan fingerprint density at radius 3 is 2.66 bits per heavy atom. The topological polar surface area (TPSA) is 100 Å². The van der Waals surface area contributed by atoms with Crippen molar-refractivity contribution in [1.82, 2.24) is 10.3 Å². The minimum absolute atomic E-state index is 0.0780. The first-order chi connectivity index (χ1) is 15.6. The Morgan fingerprint density at radius 2 is 1.88 bits per heavy atom. The smallest absolute Gasteiger partial charge is 0.267 e. The van der Waals surface area contributed by atoms with E-state index < -0.39 is 0 Å². The first-order valence-electron chi connectivity index (χ1n) is 10.5. The van der Waals surface area contributed by atoms with Gasteiger partial charge in [-0.2, -0.15) is 0 Å². The molecule has 0 bridgehead atoms. The van der Waals surface area contributed by atoms with Gasteiger partial charge in [0.2, 0.25) is 11.8 Å². The molecule has 0 spiro atoms.